The van der Waals surface area contributed by atoms with Crippen LogP contribution in [0.25, 0.3) is 6.08 Å². The van der Waals surface area contributed by atoms with E-state index in [1.165, 1.54) is 11.8 Å². The Hall–Kier alpha value is -2.77. The van der Waals surface area contributed by atoms with Gasteiger partial charge in [-0.3, -0.25) is 9.59 Å². The van der Waals surface area contributed by atoms with E-state index >= 15 is 0 Å². The summed E-state index contributed by atoms with van der Waals surface area (Å²) in [5, 5.41) is 12.5. The molecular weight excluding hydrogens is 388 g/mol. The normalized spacial score (nSPS) is 16.6. The molecule has 138 valence electrons. The van der Waals surface area contributed by atoms with Gasteiger partial charge >= 0.3 is 5.97 Å². The average molecular weight is 403 g/mol. The average Bonchev–Trinajstić information content (AvgIpc) is 2.97. The van der Waals surface area contributed by atoms with Crippen LogP contribution in [-0.2, 0) is 9.59 Å². The number of amidine groups is 1. The Bertz CT molecular complexity index is 926. The molecule has 0 aromatic heterocycles. The first-order chi connectivity index (χ1) is 13.0. The van der Waals surface area contributed by atoms with Crippen molar-refractivity contribution in [1.82, 2.24) is 5.32 Å². The van der Waals surface area contributed by atoms with Crippen LogP contribution in [0.3, 0.4) is 0 Å². The Morgan fingerprint density at radius 1 is 1.22 bits per heavy atom. The number of thioether (sulfide) groups is 1. The Kier molecular flexibility index (Phi) is 6.16. The molecule has 8 heteroatoms. The van der Waals surface area contributed by atoms with Gasteiger partial charge in [-0.25, -0.2) is 4.99 Å². The summed E-state index contributed by atoms with van der Waals surface area (Å²) in [5.41, 5.74) is 1.37. The van der Waals surface area contributed by atoms with E-state index in [2.05, 4.69) is 10.3 Å². The number of carbonyl (C=O) groups excluding carboxylic acids is 1. The molecule has 0 atom stereocenters. The lowest BCUT2D eigenvalue weighted by Crippen LogP contribution is -2.19. The second-order valence-corrected chi connectivity index (χ2v) is 6.96. The van der Waals surface area contributed by atoms with Gasteiger partial charge in [0.05, 0.1) is 23.6 Å². The lowest BCUT2D eigenvalue weighted by molar-refractivity contribution is -0.137. The highest BCUT2D eigenvalue weighted by molar-refractivity contribution is 8.18. The van der Waals surface area contributed by atoms with Crippen molar-refractivity contribution in [2.75, 3.05) is 6.61 Å². The Morgan fingerprint density at radius 3 is 2.70 bits per heavy atom. The molecule has 0 aliphatic carbocycles. The summed E-state index contributed by atoms with van der Waals surface area (Å²) in [7, 11) is 0. The van der Waals surface area contributed by atoms with Gasteiger partial charge in [-0.1, -0.05) is 29.8 Å². The summed E-state index contributed by atoms with van der Waals surface area (Å²) in [4.78, 5) is 27.7. The van der Waals surface area contributed by atoms with Crippen molar-refractivity contribution in [1.29, 1.82) is 0 Å². The van der Waals surface area contributed by atoms with E-state index in [1.807, 2.05) is 6.07 Å². The minimum atomic E-state index is -0.931. The van der Waals surface area contributed by atoms with E-state index in [9.17, 15) is 9.59 Å². The van der Waals surface area contributed by atoms with Gasteiger partial charge in [0.2, 0.25) is 0 Å². The highest BCUT2D eigenvalue weighted by Gasteiger charge is 2.24. The summed E-state index contributed by atoms with van der Waals surface area (Å²) in [6.07, 6.45) is 1.60. The van der Waals surface area contributed by atoms with E-state index in [1.54, 1.807) is 48.5 Å². The Morgan fingerprint density at radius 2 is 1.96 bits per heavy atom. The predicted molar refractivity (Wildman–Crippen MR) is 106 cm³/mol. The number of rotatable bonds is 6. The van der Waals surface area contributed by atoms with Crippen molar-refractivity contribution in [2.24, 2.45) is 4.99 Å². The number of aliphatic imine (C=N–C) groups is 1. The Labute approximate surface area is 164 Å². The first kappa shape index (κ1) is 19.0. The molecule has 6 nitrogen and oxygen atoms in total. The number of benzene rings is 2. The lowest BCUT2D eigenvalue weighted by atomic mass is 10.2. The molecule has 0 radical (unpaired) electrons. The van der Waals surface area contributed by atoms with Crippen molar-refractivity contribution in [3.8, 4) is 5.75 Å². The highest BCUT2D eigenvalue weighted by atomic mass is 35.5. The number of carboxylic acids is 1. The zero-order valence-corrected chi connectivity index (χ0v) is 15.6. The van der Waals surface area contributed by atoms with E-state index < -0.39 is 5.97 Å². The molecule has 2 N–H and O–H groups in total. The van der Waals surface area contributed by atoms with Gasteiger partial charge < -0.3 is 15.2 Å². The number of carbonyl (C=O) groups is 2. The number of nitrogens with zero attached hydrogens (tertiary/aromatic N) is 1. The zero-order chi connectivity index (χ0) is 19.2. The van der Waals surface area contributed by atoms with Crippen LogP contribution in [0.2, 0.25) is 5.02 Å². The van der Waals surface area contributed by atoms with Crippen LogP contribution < -0.4 is 10.1 Å². The number of amides is 1. The van der Waals surface area contributed by atoms with Crippen LogP contribution in [0.1, 0.15) is 12.0 Å². The van der Waals surface area contributed by atoms with Crippen molar-refractivity contribution >= 4 is 52.2 Å². The van der Waals surface area contributed by atoms with Gasteiger partial charge in [-0.05, 0) is 48.2 Å². The minimum absolute atomic E-state index is 0.0537. The summed E-state index contributed by atoms with van der Waals surface area (Å²) in [6, 6.07) is 14.1. The topological polar surface area (TPSA) is 88.0 Å². The van der Waals surface area contributed by atoms with Gasteiger partial charge in [0.15, 0.2) is 5.17 Å². The fourth-order valence-corrected chi connectivity index (χ4v) is 3.19. The molecule has 1 amide bonds. The number of aliphatic carboxylic acids is 1. The second-order valence-electron chi connectivity index (χ2n) is 5.49. The second kappa shape index (κ2) is 8.75. The molecule has 1 saturated heterocycles. The van der Waals surface area contributed by atoms with Crippen LogP contribution in [-0.4, -0.2) is 28.8 Å². The SMILES string of the molecule is O=C(O)CCOc1ccccc1/C=C1/SC(=Nc2ccc(Cl)cc2)NC1=O. The van der Waals surface area contributed by atoms with Gasteiger partial charge in [0, 0.05) is 10.6 Å². The molecule has 0 bridgehead atoms. The van der Waals surface area contributed by atoms with Gasteiger partial charge in [0.1, 0.15) is 5.75 Å². The number of carboxylic acid groups (broad SMARTS) is 1. The van der Waals surface area contributed by atoms with Crippen LogP contribution >= 0.6 is 23.4 Å². The molecule has 2 aromatic rings. The number of hydrogen-bond donors (Lipinski definition) is 2. The maximum absolute atomic E-state index is 12.2. The van der Waals surface area contributed by atoms with Crippen molar-refractivity contribution in [3.63, 3.8) is 0 Å². The number of hydrogen-bond acceptors (Lipinski definition) is 5. The molecule has 3 rings (SSSR count). The summed E-state index contributed by atoms with van der Waals surface area (Å²) < 4.78 is 5.52. The molecule has 1 heterocycles. The summed E-state index contributed by atoms with van der Waals surface area (Å²) in [5.74, 6) is -0.671. The molecule has 2 aromatic carbocycles. The van der Waals surface area contributed by atoms with Crippen LogP contribution in [0.15, 0.2) is 58.4 Å². The maximum atomic E-state index is 12.2. The van der Waals surface area contributed by atoms with Crippen LogP contribution in [0, 0.1) is 0 Å². The maximum Gasteiger partial charge on any atom is 0.306 e. The number of para-hydroxylation sites is 1. The predicted octanol–water partition coefficient (Wildman–Crippen LogP) is 4.09. The first-order valence-corrected chi connectivity index (χ1v) is 9.19. The number of ether oxygens (including phenoxy) is 1. The molecule has 0 unspecified atom stereocenters. The van der Waals surface area contributed by atoms with Crippen molar-refractivity contribution < 1.29 is 19.4 Å². The molecule has 0 spiro atoms. The molecule has 1 fully saturated rings. The zero-order valence-electron chi connectivity index (χ0n) is 14.0. The molecular formula is C19H15ClN2O4S. The third-order valence-electron chi connectivity index (χ3n) is 3.49. The number of nitrogens with one attached hydrogen (secondary N) is 1. The van der Waals surface area contributed by atoms with Gasteiger partial charge in [-0.2, -0.15) is 0 Å². The minimum Gasteiger partial charge on any atom is -0.492 e. The molecule has 0 saturated carbocycles. The Balaban J connectivity index is 1.76. The number of halogens is 1. The summed E-state index contributed by atoms with van der Waals surface area (Å²) in [6.45, 7) is 0.0537. The van der Waals surface area contributed by atoms with E-state index in [0.717, 1.165) is 0 Å². The standard InChI is InChI=1S/C19H15ClN2O4S/c20-13-5-7-14(8-6-13)21-19-22-18(25)16(27-19)11-12-3-1-2-4-15(12)26-10-9-17(23)24/h1-8,11H,9-10H2,(H,23,24)(H,21,22,25)/b16-11+. The van der Waals surface area contributed by atoms with Crippen LogP contribution in [0.5, 0.6) is 5.75 Å². The summed E-state index contributed by atoms with van der Waals surface area (Å²) >= 11 is 7.07. The highest BCUT2D eigenvalue weighted by Crippen LogP contribution is 2.30. The fourth-order valence-electron chi connectivity index (χ4n) is 2.23. The van der Waals surface area contributed by atoms with Gasteiger partial charge in [0.25, 0.3) is 5.91 Å². The van der Waals surface area contributed by atoms with Crippen LogP contribution in [0.4, 0.5) is 5.69 Å². The molecule has 1 aliphatic heterocycles. The lowest BCUT2D eigenvalue weighted by Gasteiger charge is -2.08. The third kappa shape index (κ3) is 5.35. The fraction of sp³-hybridized carbons (Fsp3) is 0.105. The van der Waals surface area contributed by atoms with E-state index in [0.29, 0.717) is 32.1 Å². The molecule has 1 aliphatic rings. The van der Waals surface area contributed by atoms with E-state index in [4.69, 9.17) is 21.4 Å². The van der Waals surface area contributed by atoms with Gasteiger partial charge in [-0.15, -0.1) is 0 Å². The van der Waals surface area contributed by atoms with Crippen molar-refractivity contribution in [2.45, 2.75) is 6.42 Å². The smallest absolute Gasteiger partial charge is 0.306 e. The van der Waals surface area contributed by atoms with E-state index in [-0.39, 0.29) is 18.9 Å². The quantitative estimate of drug-likeness (QED) is 0.710. The third-order valence-corrected chi connectivity index (χ3v) is 4.65. The molecule has 27 heavy (non-hydrogen) atoms. The largest absolute Gasteiger partial charge is 0.492 e. The monoisotopic (exact) mass is 402 g/mol. The first-order valence-electron chi connectivity index (χ1n) is 8.00. The van der Waals surface area contributed by atoms with Crippen molar-refractivity contribution in [3.05, 3.63) is 64.0 Å².